The van der Waals surface area contributed by atoms with E-state index in [9.17, 15) is 19.5 Å². The highest BCUT2D eigenvalue weighted by atomic mass is 35.5. The van der Waals surface area contributed by atoms with Crippen LogP contribution in [0.4, 0.5) is 15.5 Å². The average Bonchev–Trinajstić information content (AvgIpc) is 3.31. The van der Waals surface area contributed by atoms with Crippen LogP contribution in [0, 0.1) is 5.92 Å². The van der Waals surface area contributed by atoms with Crippen LogP contribution in [0.5, 0.6) is 0 Å². The summed E-state index contributed by atoms with van der Waals surface area (Å²) >= 11 is 19.5. The Hall–Kier alpha value is -2.78. The largest absolute Gasteiger partial charge is 0.480 e. The van der Waals surface area contributed by atoms with Gasteiger partial charge in [-0.1, -0.05) is 84.4 Å². The number of halogens is 3. The van der Waals surface area contributed by atoms with Crippen LogP contribution in [-0.2, 0) is 4.79 Å². The van der Waals surface area contributed by atoms with Crippen LogP contribution in [0.1, 0.15) is 49.4 Å². The van der Waals surface area contributed by atoms with Gasteiger partial charge in [-0.3, -0.25) is 10.1 Å². The number of thiophene rings is 1. The molecule has 2 aromatic carbocycles. The van der Waals surface area contributed by atoms with Gasteiger partial charge in [-0.25, -0.2) is 9.59 Å². The summed E-state index contributed by atoms with van der Waals surface area (Å²) in [5.74, 6) is -1.87. The number of hydrogen-bond acceptors (Lipinski definition) is 4. The highest BCUT2D eigenvalue weighted by molar-refractivity contribution is 7.20. The van der Waals surface area contributed by atoms with Gasteiger partial charge in [-0.15, -0.1) is 11.3 Å². The molecular weight excluding hydrogens is 569 g/mol. The quantitative estimate of drug-likeness (QED) is 0.221. The smallest absolute Gasteiger partial charge is 0.329 e. The molecule has 0 bridgehead atoms. The first-order valence-electron chi connectivity index (χ1n) is 12.1. The van der Waals surface area contributed by atoms with Gasteiger partial charge in [-0.05, 0) is 49.4 Å². The fourth-order valence-electron chi connectivity index (χ4n) is 4.62. The second kappa shape index (κ2) is 11.9. The lowest BCUT2D eigenvalue weighted by atomic mass is 9.75. The van der Waals surface area contributed by atoms with Crippen LogP contribution in [-0.4, -0.2) is 28.6 Å². The van der Waals surface area contributed by atoms with Crippen molar-refractivity contribution in [2.45, 2.75) is 44.6 Å². The number of benzene rings is 2. The minimum atomic E-state index is -1.45. The Labute approximate surface area is 239 Å². The van der Waals surface area contributed by atoms with Crippen molar-refractivity contribution in [2.24, 2.45) is 5.92 Å². The number of hydrogen-bond donors (Lipinski definition) is 4. The highest BCUT2D eigenvalue weighted by Crippen LogP contribution is 2.38. The maximum atomic E-state index is 13.6. The van der Waals surface area contributed by atoms with Crippen molar-refractivity contribution in [3.63, 3.8) is 0 Å². The zero-order valence-electron chi connectivity index (χ0n) is 20.4. The molecule has 3 amide bonds. The summed E-state index contributed by atoms with van der Waals surface area (Å²) in [7, 11) is 0. The number of anilines is 2. The van der Waals surface area contributed by atoms with Crippen LogP contribution in [0.25, 0.3) is 10.4 Å². The average molecular weight is 595 g/mol. The Balaban J connectivity index is 1.64. The van der Waals surface area contributed by atoms with Crippen molar-refractivity contribution in [3.8, 4) is 10.4 Å². The van der Waals surface area contributed by atoms with Gasteiger partial charge in [0.2, 0.25) is 0 Å². The van der Waals surface area contributed by atoms with Gasteiger partial charge in [0.05, 0.1) is 21.3 Å². The Morgan fingerprint density at radius 1 is 0.947 bits per heavy atom. The molecule has 0 aliphatic heterocycles. The number of rotatable bonds is 7. The van der Waals surface area contributed by atoms with Crippen molar-refractivity contribution in [1.29, 1.82) is 0 Å². The molecule has 4 rings (SSSR count). The summed E-state index contributed by atoms with van der Waals surface area (Å²) in [6.45, 7) is 1.55. The summed E-state index contributed by atoms with van der Waals surface area (Å²) < 4.78 is 0. The number of aliphatic carboxylic acids is 1. The summed E-state index contributed by atoms with van der Waals surface area (Å²) in [6.07, 6.45) is 4.33. The number of carbonyl (C=O) groups excluding carboxylic acids is 2. The molecule has 3 aromatic rings. The van der Waals surface area contributed by atoms with Gasteiger partial charge in [-0.2, -0.15) is 0 Å². The Morgan fingerprint density at radius 2 is 1.58 bits per heavy atom. The van der Waals surface area contributed by atoms with E-state index >= 15 is 0 Å². The van der Waals surface area contributed by atoms with Crippen molar-refractivity contribution in [3.05, 3.63) is 69.2 Å². The number of amides is 3. The highest BCUT2D eigenvalue weighted by Gasteiger charge is 2.43. The third kappa shape index (κ3) is 6.26. The molecule has 200 valence electrons. The van der Waals surface area contributed by atoms with Crippen LogP contribution in [0.3, 0.4) is 0 Å². The minimum absolute atomic E-state index is 0.150. The van der Waals surface area contributed by atoms with Crippen molar-refractivity contribution in [2.75, 3.05) is 10.6 Å². The number of carboxylic acids is 1. The molecule has 0 radical (unpaired) electrons. The van der Waals surface area contributed by atoms with E-state index in [1.165, 1.54) is 23.5 Å². The predicted octanol–water partition coefficient (Wildman–Crippen LogP) is 8.17. The molecule has 1 heterocycles. The lowest BCUT2D eigenvalue weighted by Crippen LogP contribution is -2.57. The van der Waals surface area contributed by atoms with Crippen molar-refractivity contribution in [1.82, 2.24) is 5.32 Å². The number of urea groups is 1. The third-order valence-electron chi connectivity index (χ3n) is 6.75. The monoisotopic (exact) mass is 593 g/mol. The Bertz CT molecular complexity index is 1340. The van der Waals surface area contributed by atoms with E-state index in [0.29, 0.717) is 5.02 Å². The maximum absolute atomic E-state index is 13.6. The molecule has 0 spiro atoms. The standard InChI is InChI=1S/C27H26Cl3N3O4S/c1-27(25(35)36,16-10-6-3-7-11-16)33-23(34)18-14-21(15-8-4-2-5-9-15)38-24(18)32-26(37)31-22-19(29)12-17(28)13-20(22)30/h2,4-5,8-9,12-14,16H,3,6-7,10-11H2,1H3,(H,33,34)(H,35,36)(H2,31,32,37)/t27-/m0/s1. The van der Waals surface area contributed by atoms with Crippen LogP contribution in [0.2, 0.25) is 15.1 Å². The third-order valence-corrected chi connectivity index (χ3v) is 8.66. The predicted molar refractivity (Wildman–Crippen MR) is 154 cm³/mol. The summed E-state index contributed by atoms with van der Waals surface area (Å²) in [6, 6.07) is 13.2. The van der Waals surface area contributed by atoms with Gasteiger partial charge >= 0.3 is 12.0 Å². The topological polar surface area (TPSA) is 108 Å². The van der Waals surface area contributed by atoms with E-state index in [1.54, 1.807) is 13.0 Å². The molecule has 0 saturated heterocycles. The van der Waals surface area contributed by atoms with E-state index in [4.69, 9.17) is 34.8 Å². The molecule has 1 aromatic heterocycles. The summed E-state index contributed by atoms with van der Waals surface area (Å²) in [4.78, 5) is 39.6. The van der Waals surface area contributed by atoms with Crippen molar-refractivity contribution >= 4 is 74.7 Å². The van der Waals surface area contributed by atoms with E-state index in [0.717, 1.165) is 42.5 Å². The van der Waals surface area contributed by atoms with E-state index in [2.05, 4.69) is 16.0 Å². The minimum Gasteiger partial charge on any atom is -0.480 e. The second-order valence-corrected chi connectivity index (χ2v) is 11.6. The fraction of sp³-hybridized carbons (Fsp3) is 0.296. The lowest BCUT2D eigenvalue weighted by molar-refractivity contribution is -0.146. The lowest BCUT2D eigenvalue weighted by Gasteiger charge is -2.37. The Kier molecular flexibility index (Phi) is 8.88. The zero-order chi connectivity index (χ0) is 27.4. The van der Waals surface area contributed by atoms with Crippen LogP contribution >= 0.6 is 46.1 Å². The molecule has 1 aliphatic rings. The first-order valence-corrected chi connectivity index (χ1v) is 14.0. The molecule has 7 nitrogen and oxygen atoms in total. The SMILES string of the molecule is C[C@@](NC(=O)c1cc(-c2ccccc2)sc1NC(=O)Nc1c(Cl)cc(Cl)cc1Cl)(C(=O)O)C1CCCCC1. The number of carboxylic acid groups (broad SMARTS) is 1. The number of nitrogens with one attached hydrogen (secondary N) is 3. The molecule has 1 saturated carbocycles. The van der Waals surface area contributed by atoms with Gasteiger partial charge < -0.3 is 15.7 Å². The normalized spacial score (nSPS) is 15.4. The second-order valence-electron chi connectivity index (χ2n) is 9.34. The summed E-state index contributed by atoms with van der Waals surface area (Å²) in [5, 5.41) is 19.0. The first-order chi connectivity index (χ1) is 18.1. The molecular formula is C27H26Cl3N3O4S. The first kappa shape index (κ1) is 28.2. The summed E-state index contributed by atoms with van der Waals surface area (Å²) in [5.41, 5.74) is -0.287. The van der Waals surface area contributed by atoms with E-state index in [-0.39, 0.29) is 32.2 Å². The molecule has 1 aliphatic carbocycles. The molecule has 38 heavy (non-hydrogen) atoms. The van der Waals surface area contributed by atoms with Gasteiger partial charge in [0.25, 0.3) is 5.91 Å². The fourth-order valence-corrected chi connectivity index (χ4v) is 6.59. The maximum Gasteiger partial charge on any atom is 0.329 e. The molecule has 4 N–H and O–H groups in total. The van der Waals surface area contributed by atoms with E-state index in [1.807, 2.05) is 30.3 Å². The van der Waals surface area contributed by atoms with E-state index < -0.39 is 23.4 Å². The van der Waals surface area contributed by atoms with Gasteiger partial charge in [0.15, 0.2) is 0 Å². The molecule has 1 atom stereocenters. The van der Waals surface area contributed by atoms with Gasteiger partial charge in [0.1, 0.15) is 10.5 Å². The molecule has 1 fully saturated rings. The Morgan fingerprint density at radius 3 is 2.18 bits per heavy atom. The molecule has 0 unspecified atom stereocenters. The zero-order valence-corrected chi connectivity index (χ0v) is 23.5. The van der Waals surface area contributed by atoms with Gasteiger partial charge in [0, 0.05) is 9.90 Å². The van der Waals surface area contributed by atoms with Crippen LogP contribution < -0.4 is 16.0 Å². The van der Waals surface area contributed by atoms with Crippen LogP contribution in [0.15, 0.2) is 48.5 Å². The number of carbonyl (C=O) groups is 3. The van der Waals surface area contributed by atoms with Crippen molar-refractivity contribution < 1.29 is 19.5 Å². The molecule has 11 heteroatoms.